The molecule has 0 fully saturated rings. The zero-order chi connectivity index (χ0) is 14.3. The van der Waals surface area contributed by atoms with E-state index in [9.17, 15) is 14.3 Å². The third-order valence-electron chi connectivity index (χ3n) is 2.47. The highest BCUT2D eigenvalue weighted by Crippen LogP contribution is 2.11. The molecule has 2 N–H and O–H groups in total. The summed E-state index contributed by atoms with van der Waals surface area (Å²) in [6, 6.07) is 5.02. The molecule has 106 valence electrons. The van der Waals surface area contributed by atoms with E-state index in [4.69, 9.17) is 4.74 Å². The van der Waals surface area contributed by atoms with E-state index in [2.05, 4.69) is 10.1 Å². The van der Waals surface area contributed by atoms with Crippen molar-refractivity contribution in [2.75, 3.05) is 20.3 Å². The maximum atomic E-state index is 12.6. The summed E-state index contributed by atoms with van der Waals surface area (Å²) >= 11 is 0. The molecule has 0 radical (unpaired) electrons. The standard InChI is InChI=1S/C13H18FNO4/c1-9(13(17)18-2)15-7-11(16)8-19-12-5-3-10(14)4-6-12/h3-6,9,11,15-16H,7-8H2,1-2H3. The van der Waals surface area contributed by atoms with Gasteiger partial charge in [-0.25, -0.2) is 4.39 Å². The highest BCUT2D eigenvalue weighted by Gasteiger charge is 2.14. The third-order valence-corrected chi connectivity index (χ3v) is 2.47. The number of ether oxygens (including phenoxy) is 2. The van der Waals surface area contributed by atoms with Crippen LogP contribution in [0.2, 0.25) is 0 Å². The normalized spacial score (nSPS) is 13.7. The third kappa shape index (κ3) is 5.67. The molecule has 1 aromatic rings. The van der Waals surface area contributed by atoms with Gasteiger partial charge in [0.25, 0.3) is 0 Å². The fourth-order valence-electron chi connectivity index (χ4n) is 1.36. The molecule has 0 heterocycles. The van der Waals surface area contributed by atoms with Crippen LogP contribution < -0.4 is 10.1 Å². The first kappa shape index (κ1) is 15.4. The van der Waals surface area contributed by atoms with Crippen LogP contribution in [-0.2, 0) is 9.53 Å². The predicted octanol–water partition coefficient (Wildman–Crippen LogP) is 0.716. The molecule has 0 amide bonds. The van der Waals surface area contributed by atoms with Crippen molar-refractivity contribution in [2.45, 2.75) is 19.1 Å². The van der Waals surface area contributed by atoms with Crippen LogP contribution in [0.3, 0.4) is 0 Å². The SMILES string of the molecule is COC(=O)C(C)NCC(O)COc1ccc(F)cc1. The Kier molecular flexibility index (Phi) is 6.24. The molecule has 0 aliphatic heterocycles. The first-order valence-corrected chi connectivity index (χ1v) is 5.90. The van der Waals surface area contributed by atoms with Crippen LogP contribution in [0.5, 0.6) is 5.75 Å². The van der Waals surface area contributed by atoms with E-state index < -0.39 is 18.1 Å². The van der Waals surface area contributed by atoms with Gasteiger partial charge in [0.1, 0.15) is 30.3 Å². The lowest BCUT2D eigenvalue weighted by Gasteiger charge is -2.16. The van der Waals surface area contributed by atoms with E-state index in [1.807, 2.05) is 0 Å². The molecule has 0 saturated carbocycles. The van der Waals surface area contributed by atoms with Gasteiger partial charge in [-0.3, -0.25) is 4.79 Å². The van der Waals surface area contributed by atoms with Crippen molar-refractivity contribution in [1.29, 1.82) is 0 Å². The number of benzene rings is 1. The fraction of sp³-hybridized carbons (Fsp3) is 0.462. The number of aliphatic hydroxyl groups excluding tert-OH is 1. The topological polar surface area (TPSA) is 67.8 Å². The van der Waals surface area contributed by atoms with E-state index in [0.717, 1.165) is 0 Å². The summed E-state index contributed by atoms with van der Waals surface area (Å²) in [4.78, 5) is 11.1. The fourth-order valence-corrected chi connectivity index (χ4v) is 1.36. The van der Waals surface area contributed by atoms with E-state index in [1.54, 1.807) is 6.92 Å². The number of halogens is 1. The number of aliphatic hydroxyl groups is 1. The van der Waals surface area contributed by atoms with Crippen LogP contribution in [0.25, 0.3) is 0 Å². The van der Waals surface area contributed by atoms with Crippen LogP contribution in [0.1, 0.15) is 6.92 Å². The first-order valence-electron chi connectivity index (χ1n) is 5.90. The van der Waals surface area contributed by atoms with Crippen molar-refractivity contribution < 1.29 is 23.8 Å². The summed E-state index contributed by atoms with van der Waals surface area (Å²) in [5.41, 5.74) is 0. The molecular formula is C13H18FNO4. The van der Waals surface area contributed by atoms with E-state index in [0.29, 0.717) is 5.75 Å². The number of rotatable bonds is 7. The second-order valence-electron chi connectivity index (χ2n) is 4.07. The monoisotopic (exact) mass is 271 g/mol. The van der Waals surface area contributed by atoms with Crippen molar-refractivity contribution >= 4 is 5.97 Å². The van der Waals surface area contributed by atoms with E-state index >= 15 is 0 Å². The minimum absolute atomic E-state index is 0.0481. The Morgan fingerprint density at radius 2 is 2.05 bits per heavy atom. The molecule has 0 spiro atoms. The molecule has 0 saturated heterocycles. The van der Waals surface area contributed by atoms with Crippen LogP contribution >= 0.6 is 0 Å². The lowest BCUT2D eigenvalue weighted by molar-refractivity contribution is -0.142. The molecule has 0 aromatic heterocycles. The largest absolute Gasteiger partial charge is 0.491 e. The van der Waals surface area contributed by atoms with Gasteiger partial charge < -0.3 is 19.9 Å². The van der Waals surface area contributed by atoms with Crippen molar-refractivity contribution in [1.82, 2.24) is 5.32 Å². The molecular weight excluding hydrogens is 253 g/mol. The minimum Gasteiger partial charge on any atom is -0.491 e. The molecule has 19 heavy (non-hydrogen) atoms. The highest BCUT2D eigenvalue weighted by atomic mass is 19.1. The Labute approximate surface area is 111 Å². The number of carbonyl (C=O) groups excluding carboxylic acids is 1. The maximum absolute atomic E-state index is 12.6. The number of carbonyl (C=O) groups is 1. The van der Waals surface area contributed by atoms with Gasteiger partial charge in [-0.15, -0.1) is 0 Å². The molecule has 0 aliphatic rings. The van der Waals surface area contributed by atoms with Gasteiger partial charge in [-0.05, 0) is 31.2 Å². The van der Waals surface area contributed by atoms with Gasteiger partial charge in [0.05, 0.1) is 7.11 Å². The average molecular weight is 271 g/mol. The molecule has 1 aromatic carbocycles. The van der Waals surface area contributed by atoms with Crippen molar-refractivity contribution in [2.24, 2.45) is 0 Å². The van der Waals surface area contributed by atoms with Crippen LogP contribution in [0.15, 0.2) is 24.3 Å². The predicted molar refractivity (Wildman–Crippen MR) is 67.4 cm³/mol. The summed E-state index contributed by atoms with van der Waals surface area (Å²) in [6.45, 7) is 1.88. The van der Waals surface area contributed by atoms with Crippen LogP contribution in [0.4, 0.5) is 4.39 Å². The van der Waals surface area contributed by atoms with Gasteiger partial charge in [-0.1, -0.05) is 0 Å². The van der Waals surface area contributed by atoms with Gasteiger partial charge >= 0.3 is 5.97 Å². The molecule has 2 unspecified atom stereocenters. The lowest BCUT2D eigenvalue weighted by Crippen LogP contribution is -2.41. The van der Waals surface area contributed by atoms with E-state index in [-0.39, 0.29) is 19.0 Å². The van der Waals surface area contributed by atoms with Gasteiger partial charge in [0.15, 0.2) is 0 Å². The summed E-state index contributed by atoms with van der Waals surface area (Å²) in [5.74, 6) is -0.269. The van der Waals surface area contributed by atoms with Crippen LogP contribution in [-0.4, -0.2) is 43.5 Å². The summed E-state index contributed by atoms with van der Waals surface area (Å²) in [5, 5.41) is 12.5. The average Bonchev–Trinajstić information content (AvgIpc) is 2.43. The Bertz CT molecular complexity index is 396. The molecule has 6 heteroatoms. The number of hydrogen-bond acceptors (Lipinski definition) is 5. The van der Waals surface area contributed by atoms with Crippen LogP contribution in [0, 0.1) is 5.82 Å². The molecule has 5 nitrogen and oxygen atoms in total. The zero-order valence-corrected chi connectivity index (χ0v) is 10.9. The Hall–Kier alpha value is -1.66. The van der Waals surface area contributed by atoms with Crippen molar-refractivity contribution in [3.05, 3.63) is 30.1 Å². The maximum Gasteiger partial charge on any atom is 0.322 e. The number of methoxy groups -OCH3 is 1. The number of nitrogens with one attached hydrogen (secondary N) is 1. The quantitative estimate of drug-likeness (QED) is 0.715. The number of hydrogen-bond donors (Lipinski definition) is 2. The first-order chi connectivity index (χ1) is 9.02. The summed E-state index contributed by atoms with van der Waals surface area (Å²) < 4.78 is 22.4. The Balaban J connectivity index is 2.26. The van der Waals surface area contributed by atoms with E-state index in [1.165, 1.54) is 31.4 Å². The highest BCUT2D eigenvalue weighted by molar-refractivity contribution is 5.75. The van der Waals surface area contributed by atoms with Gasteiger partial charge in [-0.2, -0.15) is 0 Å². The molecule has 1 rings (SSSR count). The molecule has 0 aliphatic carbocycles. The van der Waals surface area contributed by atoms with Crippen molar-refractivity contribution in [3.63, 3.8) is 0 Å². The second-order valence-corrected chi connectivity index (χ2v) is 4.07. The smallest absolute Gasteiger partial charge is 0.322 e. The minimum atomic E-state index is -0.780. The Morgan fingerprint density at radius 3 is 2.63 bits per heavy atom. The Morgan fingerprint density at radius 1 is 1.42 bits per heavy atom. The van der Waals surface area contributed by atoms with Gasteiger partial charge in [0.2, 0.25) is 0 Å². The summed E-state index contributed by atoms with van der Waals surface area (Å²) in [6.07, 6.45) is -0.780. The van der Waals surface area contributed by atoms with Gasteiger partial charge in [0, 0.05) is 6.54 Å². The molecule has 2 atom stereocenters. The van der Waals surface area contributed by atoms with Crippen molar-refractivity contribution in [3.8, 4) is 5.75 Å². The lowest BCUT2D eigenvalue weighted by atomic mass is 10.3. The second kappa shape index (κ2) is 7.70. The zero-order valence-electron chi connectivity index (χ0n) is 10.9. The molecule has 0 bridgehead atoms. The summed E-state index contributed by atoms with van der Waals surface area (Å²) in [7, 11) is 1.30. The number of esters is 1.